The van der Waals surface area contributed by atoms with Gasteiger partial charge >= 0.3 is 0 Å². The Balaban J connectivity index is 2.30. The predicted molar refractivity (Wildman–Crippen MR) is 60.5 cm³/mol. The zero-order chi connectivity index (χ0) is 10.6. The number of thiophene rings is 1. The second-order valence-corrected chi connectivity index (χ2v) is 5.32. The Labute approximate surface area is 89.1 Å². The summed E-state index contributed by atoms with van der Waals surface area (Å²) in [5.74, 6) is 0.283. The van der Waals surface area contributed by atoms with Crippen LogP contribution in [0.2, 0.25) is 0 Å². The molecule has 2 nitrogen and oxygen atoms in total. The minimum absolute atomic E-state index is 0.231. The number of rotatable bonds is 5. The molecule has 1 aromatic heterocycles. The quantitative estimate of drug-likeness (QED) is 0.812. The molecule has 0 aliphatic rings. The van der Waals surface area contributed by atoms with Crippen LogP contribution >= 0.6 is 11.3 Å². The Kier molecular flexibility index (Phi) is 3.84. The van der Waals surface area contributed by atoms with Crippen molar-refractivity contribution in [2.24, 2.45) is 5.73 Å². The minimum atomic E-state index is -0.231. The molecule has 78 valence electrons. The summed E-state index contributed by atoms with van der Waals surface area (Å²) in [7, 11) is 0. The van der Waals surface area contributed by atoms with E-state index in [-0.39, 0.29) is 11.3 Å². The molecule has 1 heterocycles. The van der Waals surface area contributed by atoms with Crippen molar-refractivity contribution in [2.45, 2.75) is 38.6 Å². The van der Waals surface area contributed by atoms with Crippen LogP contribution in [-0.2, 0) is 11.2 Å². The van der Waals surface area contributed by atoms with Crippen LogP contribution in [0.3, 0.4) is 0 Å². The summed E-state index contributed by atoms with van der Waals surface area (Å²) in [5, 5.41) is 2.00. The van der Waals surface area contributed by atoms with Gasteiger partial charge in [0.25, 0.3) is 0 Å². The molecule has 0 atom stereocenters. The van der Waals surface area contributed by atoms with E-state index in [0.717, 1.165) is 11.3 Å². The highest BCUT2D eigenvalue weighted by atomic mass is 32.1. The van der Waals surface area contributed by atoms with Gasteiger partial charge in [0.1, 0.15) is 5.78 Å². The van der Waals surface area contributed by atoms with E-state index in [1.807, 2.05) is 31.4 Å². The fourth-order valence-electron chi connectivity index (χ4n) is 1.16. The number of carbonyl (C=O) groups excluding carboxylic acids is 1. The lowest BCUT2D eigenvalue weighted by Gasteiger charge is -2.17. The monoisotopic (exact) mass is 211 g/mol. The van der Waals surface area contributed by atoms with Gasteiger partial charge in [-0.2, -0.15) is 0 Å². The van der Waals surface area contributed by atoms with Crippen molar-refractivity contribution in [1.29, 1.82) is 0 Å². The summed E-state index contributed by atoms with van der Waals surface area (Å²) in [4.78, 5) is 12.7. The Hall–Kier alpha value is -0.670. The van der Waals surface area contributed by atoms with E-state index in [4.69, 9.17) is 5.73 Å². The van der Waals surface area contributed by atoms with E-state index in [1.165, 1.54) is 0 Å². The van der Waals surface area contributed by atoms with Crippen LogP contribution in [0.15, 0.2) is 17.5 Å². The molecule has 0 saturated carbocycles. The lowest BCUT2D eigenvalue weighted by atomic mass is 9.97. The lowest BCUT2D eigenvalue weighted by molar-refractivity contribution is -0.118. The summed E-state index contributed by atoms with van der Waals surface area (Å²) in [5.41, 5.74) is 5.58. The molecule has 0 aliphatic carbocycles. The first-order valence-corrected chi connectivity index (χ1v) is 5.68. The Morgan fingerprint density at radius 1 is 1.57 bits per heavy atom. The first kappa shape index (κ1) is 11.4. The van der Waals surface area contributed by atoms with Crippen LogP contribution < -0.4 is 5.73 Å². The highest BCUT2D eigenvalue weighted by molar-refractivity contribution is 7.10. The van der Waals surface area contributed by atoms with Crippen molar-refractivity contribution in [3.05, 3.63) is 22.4 Å². The summed E-state index contributed by atoms with van der Waals surface area (Å²) in [6, 6.07) is 3.97. The maximum absolute atomic E-state index is 11.5. The lowest BCUT2D eigenvalue weighted by Crippen LogP contribution is -2.32. The maximum Gasteiger partial charge on any atom is 0.138 e. The molecule has 1 rings (SSSR count). The first-order chi connectivity index (χ1) is 6.47. The molecular formula is C11H17NOS. The first-order valence-electron chi connectivity index (χ1n) is 4.80. The van der Waals surface area contributed by atoms with Crippen molar-refractivity contribution in [3.8, 4) is 0 Å². The molecule has 14 heavy (non-hydrogen) atoms. The van der Waals surface area contributed by atoms with Crippen LogP contribution in [0.5, 0.6) is 0 Å². The van der Waals surface area contributed by atoms with Crippen molar-refractivity contribution < 1.29 is 4.79 Å². The van der Waals surface area contributed by atoms with E-state index in [9.17, 15) is 4.79 Å². The third-order valence-corrected chi connectivity index (χ3v) is 2.88. The van der Waals surface area contributed by atoms with Gasteiger partial charge in [-0.3, -0.25) is 4.79 Å². The smallest absolute Gasteiger partial charge is 0.138 e. The van der Waals surface area contributed by atoms with Crippen molar-refractivity contribution in [3.63, 3.8) is 0 Å². The zero-order valence-corrected chi connectivity index (χ0v) is 9.56. The topological polar surface area (TPSA) is 43.1 Å². The largest absolute Gasteiger partial charge is 0.326 e. The SMILES string of the molecule is CC(C)(N)CCC(=O)Cc1cccs1. The van der Waals surface area contributed by atoms with Gasteiger partial charge in [0.2, 0.25) is 0 Å². The average Bonchev–Trinajstić information content (AvgIpc) is 2.52. The van der Waals surface area contributed by atoms with Gasteiger partial charge in [-0.25, -0.2) is 0 Å². The van der Waals surface area contributed by atoms with E-state index in [2.05, 4.69) is 0 Å². The van der Waals surface area contributed by atoms with Crippen LogP contribution in [-0.4, -0.2) is 11.3 Å². The van der Waals surface area contributed by atoms with Crippen molar-refractivity contribution in [1.82, 2.24) is 0 Å². The van der Waals surface area contributed by atoms with Gasteiger partial charge in [-0.05, 0) is 31.7 Å². The molecule has 0 unspecified atom stereocenters. The Morgan fingerprint density at radius 2 is 2.29 bits per heavy atom. The van der Waals surface area contributed by atoms with Crippen molar-refractivity contribution >= 4 is 17.1 Å². The minimum Gasteiger partial charge on any atom is -0.326 e. The maximum atomic E-state index is 11.5. The molecular weight excluding hydrogens is 194 g/mol. The van der Waals surface area contributed by atoms with Gasteiger partial charge in [-0.1, -0.05) is 6.07 Å². The highest BCUT2D eigenvalue weighted by Crippen LogP contribution is 2.13. The second kappa shape index (κ2) is 4.71. The van der Waals surface area contributed by atoms with Crippen LogP contribution in [0, 0.1) is 0 Å². The standard InChI is InChI=1S/C11H17NOS/c1-11(2,12)6-5-9(13)8-10-4-3-7-14-10/h3-4,7H,5-6,8,12H2,1-2H3. The molecule has 0 aliphatic heterocycles. The molecule has 0 fully saturated rings. The van der Waals surface area contributed by atoms with Crippen LogP contribution in [0.25, 0.3) is 0 Å². The summed E-state index contributed by atoms with van der Waals surface area (Å²) in [6.45, 7) is 3.90. The van der Waals surface area contributed by atoms with Crippen molar-refractivity contribution in [2.75, 3.05) is 0 Å². The van der Waals surface area contributed by atoms with E-state index >= 15 is 0 Å². The molecule has 0 saturated heterocycles. The third-order valence-electron chi connectivity index (χ3n) is 2.00. The van der Waals surface area contributed by atoms with E-state index < -0.39 is 0 Å². The number of carbonyl (C=O) groups is 1. The zero-order valence-electron chi connectivity index (χ0n) is 8.75. The predicted octanol–water partition coefficient (Wildman–Crippen LogP) is 2.38. The fraction of sp³-hybridized carbons (Fsp3) is 0.545. The number of hydrogen-bond acceptors (Lipinski definition) is 3. The van der Waals surface area contributed by atoms with Gasteiger partial charge in [0, 0.05) is 23.3 Å². The van der Waals surface area contributed by atoms with Gasteiger partial charge in [0.15, 0.2) is 0 Å². The molecule has 0 aromatic carbocycles. The van der Waals surface area contributed by atoms with Gasteiger partial charge in [0.05, 0.1) is 0 Å². The Bertz CT molecular complexity index is 285. The number of ketones is 1. The molecule has 2 N–H and O–H groups in total. The van der Waals surface area contributed by atoms with Crippen LogP contribution in [0.4, 0.5) is 0 Å². The van der Waals surface area contributed by atoms with Crippen LogP contribution in [0.1, 0.15) is 31.6 Å². The number of Topliss-reactive ketones (excluding diaryl/α,β-unsaturated/α-hetero) is 1. The number of hydrogen-bond donors (Lipinski definition) is 1. The summed E-state index contributed by atoms with van der Waals surface area (Å²) >= 11 is 1.63. The summed E-state index contributed by atoms with van der Waals surface area (Å²) in [6.07, 6.45) is 1.91. The third kappa shape index (κ3) is 4.53. The van der Waals surface area contributed by atoms with Gasteiger partial charge in [-0.15, -0.1) is 11.3 Å². The molecule has 0 radical (unpaired) electrons. The second-order valence-electron chi connectivity index (χ2n) is 4.28. The normalized spacial score (nSPS) is 11.6. The number of nitrogens with two attached hydrogens (primary N) is 1. The molecule has 0 amide bonds. The molecule has 0 spiro atoms. The van der Waals surface area contributed by atoms with E-state index in [0.29, 0.717) is 12.8 Å². The molecule has 1 aromatic rings. The average molecular weight is 211 g/mol. The molecule has 3 heteroatoms. The summed E-state index contributed by atoms with van der Waals surface area (Å²) < 4.78 is 0. The fourth-order valence-corrected chi connectivity index (χ4v) is 1.89. The molecule has 0 bridgehead atoms. The van der Waals surface area contributed by atoms with Gasteiger partial charge < -0.3 is 5.73 Å². The highest BCUT2D eigenvalue weighted by Gasteiger charge is 2.13. The van der Waals surface area contributed by atoms with E-state index in [1.54, 1.807) is 11.3 Å². The Morgan fingerprint density at radius 3 is 2.79 bits per heavy atom.